The van der Waals surface area contributed by atoms with Crippen LogP contribution >= 0.6 is 45.7 Å². The van der Waals surface area contributed by atoms with E-state index in [1.54, 1.807) is 23.1 Å². The fourth-order valence-electron chi connectivity index (χ4n) is 2.24. The second-order valence-electron chi connectivity index (χ2n) is 5.31. The van der Waals surface area contributed by atoms with Crippen molar-refractivity contribution in [3.63, 3.8) is 0 Å². The Kier molecular flexibility index (Phi) is 5.97. The SMILES string of the molecule is Cc1cccc(C(=O)Nc2ccccc2SCc2ccsc2)c1I. The number of halogens is 1. The van der Waals surface area contributed by atoms with Gasteiger partial charge in [0.1, 0.15) is 0 Å². The van der Waals surface area contributed by atoms with Crippen molar-refractivity contribution in [3.8, 4) is 0 Å². The van der Waals surface area contributed by atoms with E-state index in [1.165, 1.54) is 5.56 Å². The van der Waals surface area contributed by atoms with E-state index in [4.69, 9.17) is 0 Å². The lowest BCUT2D eigenvalue weighted by molar-refractivity contribution is 0.102. The van der Waals surface area contributed by atoms with Gasteiger partial charge in [0.2, 0.25) is 0 Å². The van der Waals surface area contributed by atoms with E-state index < -0.39 is 0 Å². The minimum atomic E-state index is -0.0633. The number of carbonyl (C=O) groups is 1. The number of thiophene rings is 1. The van der Waals surface area contributed by atoms with Crippen LogP contribution in [0.15, 0.2) is 64.2 Å². The summed E-state index contributed by atoms with van der Waals surface area (Å²) in [6, 6.07) is 15.9. The molecule has 1 N–H and O–H groups in total. The van der Waals surface area contributed by atoms with Gasteiger partial charge >= 0.3 is 0 Å². The lowest BCUT2D eigenvalue weighted by Crippen LogP contribution is -2.14. The van der Waals surface area contributed by atoms with Gasteiger partial charge in [-0.3, -0.25) is 4.79 Å². The molecule has 0 bridgehead atoms. The normalized spacial score (nSPS) is 10.6. The number of rotatable bonds is 5. The van der Waals surface area contributed by atoms with Gasteiger partial charge in [-0.25, -0.2) is 0 Å². The molecule has 0 fully saturated rings. The van der Waals surface area contributed by atoms with Crippen molar-refractivity contribution < 1.29 is 4.79 Å². The van der Waals surface area contributed by atoms with Crippen LogP contribution < -0.4 is 5.32 Å². The van der Waals surface area contributed by atoms with Gasteiger partial charge in [0.05, 0.1) is 11.3 Å². The number of hydrogen-bond donors (Lipinski definition) is 1. The molecule has 0 aliphatic carbocycles. The Hall–Kier alpha value is -1.31. The van der Waals surface area contributed by atoms with Gasteiger partial charge in [-0.05, 0) is 75.7 Å². The van der Waals surface area contributed by atoms with Crippen molar-refractivity contribution in [3.05, 3.63) is 79.6 Å². The van der Waals surface area contributed by atoms with E-state index in [0.29, 0.717) is 5.56 Å². The first-order chi connectivity index (χ1) is 11.6. The van der Waals surface area contributed by atoms with Crippen molar-refractivity contribution in [2.45, 2.75) is 17.6 Å². The summed E-state index contributed by atoms with van der Waals surface area (Å²) in [5.41, 5.74) is 4.00. The molecule has 1 amide bonds. The van der Waals surface area contributed by atoms with E-state index in [2.05, 4.69) is 44.7 Å². The molecule has 3 rings (SSSR count). The van der Waals surface area contributed by atoms with Gasteiger partial charge in [-0.1, -0.05) is 24.3 Å². The van der Waals surface area contributed by atoms with Crippen LogP contribution in [0.1, 0.15) is 21.5 Å². The first kappa shape index (κ1) is 17.5. The third kappa shape index (κ3) is 4.20. The number of carbonyl (C=O) groups excluding carboxylic acids is 1. The van der Waals surface area contributed by atoms with Crippen molar-refractivity contribution in [1.82, 2.24) is 0 Å². The van der Waals surface area contributed by atoms with Crippen LogP contribution in [0.2, 0.25) is 0 Å². The predicted octanol–water partition coefficient (Wildman–Crippen LogP) is 6.21. The molecular weight excluding hydrogens is 449 g/mol. The summed E-state index contributed by atoms with van der Waals surface area (Å²) < 4.78 is 0.996. The summed E-state index contributed by atoms with van der Waals surface area (Å²) in [5.74, 6) is 0.838. The molecular formula is C19H16INOS2. The topological polar surface area (TPSA) is 29.1 Å². The molecule has 0 saturated carbocycles. The van der Waals surface area contributed by atoms with Crippen LogP contribution in [0.25, 0.3) is 0 Å². The summed E-state index contributed by atoms with van der Waals surface area (Å²) in [4.78, 5) is 13.7. The van der Waals surface area contributed by atoms with E-state index in [1.807, 2.05) is 49.4 Å². The third-order valence-corrected chi connectivity index (χ3v) is 6.85. The monoisotopic (exact) mass is 465 g/mol. The molecule has 0 saturated heterocycles. The lowest BCUT2D eigenvalue weighted by atomic mass is 10.1. The van der Waals surface area contributed by atoms with Crippen molar-refractivity contribution in [2.75, 3.05) is 5.32 Å². The molecule has 0 aliphatic rings. The van der Waals surface area contributed by atoms with Crippen LogP contribution in [0, 0.1) is 10.5 Å². The molecule has 1 aromatic heterocycles. The summed E-state index contributed by atoms with van der Waals surface area (Å²) in [5, 5.41) is 7.31. The Bertz CT molecular complexity index is 846. The molecule has 0 aliphatic heterocycles. The molecule has 24 heavy (non-hydrogen) atoms. The Morgan fingerprint density at radius 1 is 1.17 bits per heavy atom. The van der Waals surface area contributed by atoms with Crippen LogP contribution in [0.5, 0.6) is 0 Å². The van der Waals surface area contributed by atoms with Crippen molar-refractivity contribution in [1.29, 1.82) is 0 Å². The molecule has 2 aromatic carbocycles. The van der Waals surface area contributed by atoms with Crippen LogP contribution in [0.3, 0.4) is 0 Å². The van der Waals surface area contributed by atoms with E-state index >= 15 is 0 Å². The molecule has 5 heteroatoms. The summed E-state index contributed by atoms with van der Waals surface area (Å²) >= 11 is 5.68. The minimum Gasteiger partial charge on any atom is -0.321 e. The van der Waals surface area contributed by atoms with Gasteiger partial charge < -0.3 is 5.32 Å². The zero-order valence-corrected chi connectivity index (χ0v) is 16.9. The second-order valence-corrected chi connectivity index (χ2v) is 8.18. The van der Waals surface area contributed by atoms with Crippen molar-refractivity contribution >= 4 is 57.3 Å². The maximum Gasteiger partial charge on any atom is 0.256 e. The largest absolute Gasteiger partial charge is 0.321 e. The second kappa shape index (κ2) is 8.18. The summed E-state index contributed by atoms with van der Waals surface area (Å²) in [7, 11) is 0. The van der Waals surface area contributed by atoms with Crippen LogP contribution in [0.4, 0.5) is 5.69 Å². The fraction of sp³-hybridized carbons (Fsp3) is 0.105. The lowest BCUT2D eigenvalue weighted by Gasteiger charge is -2.12. The molecule has 3 aromatic rings. The number of nitrogens with one attached hydrogen (secondary N) is 1. The number of benzene rings is 2. The van der Waals surface area contributed by atoms with Gasteiger partial charge in [-0.2, -0.15) is 11.3 Å². The zero-order valence-electron chi connectivity index (χ0n) is 13.1. The molecule has 0 unspecified atom stereocenters. The smallest absolute Gasteiger partial charge is 0.256 e. The fourth-order valence-corrected chi connectivity index (χ4v) is 4.57. The standard InChI is InChI=1S/C19H16INOS2/c1-13-5-4-6-15(18(13)20)19(22)21-16-7-2-3-8-17(16)24-12-14-9-10-23-11-14/h2-11H,12H2,1H3,(H,21,22). The molecule has 0 spiro atoms. The third-order valence-electron chi connectivity index (χ3n) is 3.55. The highest BCUT2D eigenvalue weighted by atomic mass is 127. The number of hydrogen-bond acceptors (Lipinski definition) is 3. The first-order valence-electron chi connectivity index (χ1n) is 7.44. The average Bonchev–Trinajstić information content (AvgIpc) is 3.10. The number of anilines is 1. The molecule has 0 radical (unpaired) electrons. The van der Waals surface area contributed by atoms with Gasteiger partial charge in [-0.15, -0.1) is 11.8 Å². The predicted molar refractivity (Wildman–Crippen MR) is 112 cm³/mol. The highest BCUT2D eigenvalue weighted by Crippen LogP contribution is 2.31. The van der Waals surface area contributed by atoms with Gasteiger partial charge in [0.15, 0.2) is 0 Å². The van der Waals surface area contributed by atoms with E-state index in [0.717, 1.165) is 25.5 Å². The minimum absolute atomic E-state index is 0.0633. The maximum atomic E-state index is 12.6. The number of aryl methyl sites for hydroxylation is 1. The maximum absolute atomic E-state index is 12.6. The number of amides is 1. The van der Waals surface area contributed by atoms with E-state index in [9.17, 15) is 4.79 Å². The van der Waals surface area contributed by atoms with Crippen LogP contribution in [-0.4, -0.2) is 5.91 Å². The molecule has 2 nitrogen and oxygen atoms in total. The number of para-hydroxylation sites is 1. The number of thioether (sulfide) groups is 1. The first-order valence-corrected chi connectivity index (χ1v) is 10.5. The zero-order chi connectivity index (χ0) is 16.9. The molecule has 1 heterocycles. The highest BCUT2D eigenvalue weighted by Gasteiger charge is 2.13. The Morgan fingerprint density at radius 2 is 2.00 bits per heavy atom. The summed E-state index contributed by atoms with van der Waals surface area (Å²) in [6.45, 7) is 2.02. The van der Waals surface area contributed by atoms with E-state index in [-0.39, 0.29) is 5.91 Å². The Balaban J connectivity index is 1.77. The quantitative estimate of drug-likeness (QED) is 0.359. The van der Waals surface area contributed by atoms with Gasteiger partial charge in [0, 0.05) is 14.2 Å². The highest BCUT2D eigenvalue weighted by molar-refractivity contribution is 14.1. The van der Waals surface area contributed by atoms with Crippen molar-refractivity contribution in [2.24, 2.45) is 0 Å². The Labute approximate surface area is 163 Å². The van der Waals surface area contributed by atoms with Gasteiger partial charge in [0.25, 0.3) is 5.91 Å². The van der Waals surface area contributed by atoms with Crippen LogP contribution in [-0.2, 0) is 5.75 Å². The molecule has 122 valence electrons. The summed E-state index contributed by atoms with van der Waals surface area (Å²) in [6.07, 6.45) is 0. The average molecular weight is 465 g/mol. The molecule has 0 atom stereocenters. The Morgan fingerprint density at radius 3 is 2.79 bits per heavy atom.